The second-order valence-electron chi connectivity index (χ2n) is 4.35. The highest BCUT2D eigenvalue weighted by Crippen LogP contribution is 2.14. The third-order valence-corrected chi connectivity index (χ3v) is 3.83. The van der Waals surface area contributed by atoms with Gasteiger partial charge in [0.15, 0.2) is 5.52 Å². The quantitative estimate of drug-likeness (QED) is 0.453. The normalized spacial score (nSPS) is 11.3. The number of hydrogen-bond donors (Lipinski definition) is 1. The van der Waals surface area contributed by atoms with Gasteiger partial charge in [0.2, 0.25) is 10.7 Å². The van der Waals surface area contributed by atoms with Crippen LogP contribution in [0.2, 0.25) is 0 Å². The Balaban J connectivity index is 2.48. The van der Waals surface area contributed by atoms with Gasteiger partial charge in [0.05, 0.1) is 11.8 Å². The number of para-hydroxylation sites is 1. The van der Waals surface area contributed by atoms with E-state index in [0.717, 1.165) is 28.9 Å². The highest BCUT2D eigenvalue weighted by atomic mass is 32.2. The smallest absolute Gasteiger partial charge is 0.295 e. The molecular weight excluding hydrogens is 272 g/mol. The second kappa shape index (κ2) is 5.20. The molecule has 0 radical (unpaired) electrons. The summed E-state index contributed by atoms with van der Waals surface area (Å²) in [5, 5.41) is 5.96. The topological polar surface area (TPSA) is 62.7 Å². The summed E-state index contributed by atoms with van der Waals surface area (Å²) in [6.45, 7) is 4.04. The zero-order valence-electron chi connectivity index (χ0n) is 11.4. The van der Waals surface area contributed by atoms with E-state index in [4.69, 9.17) is 0 Å². The van der Waals surface area contributed by atoms with Crippen molar-refractivity contribution in [3.05, 3.63) is 40.4 Å². The predicted molar refractivity (Wildman–Crippen MR) is 79.1 cm³/mol. The van der Waals surface area contributed by atoms with Crippen LogP contribution < -0.4 is 10.1 Å². The zero-order valence-corrected chi connectivity index (χ0v) is 12.2. The van der Waals surface area contributed by atoms with E-state index in [1.807, 2.05) is 38.1 Å². The molecule has 0 aliphatic heterocycles. The minimum atomic E-state index is -0.121. The van der Waals surface area contributed by atoms with E-state index in [1.165, 1.54) is 11.8 Å². The molecule has 20 heavy (non-hydrogen) atoms. The Kier molecular flexibility index (Phi) is 3.40. The summed E-state index contributed by atoms with van der Waals surface area (Å²) in [5.41, 5.74) is 1.27. The van der Waals surface area contributed by atoms with Gasteiger partial charge in [0.25, 0.3) is 0 Å². The Labute approximate surface area is 120 Å². The van der Waals surface area contributed by atoms with Crippen LogP contribution in [0, 0.1) is 0 Å². The number of fused-ring (bicyclic) bond motifs is 3. The van der Waals surface area contributed by atoms with Crippen LogP contribution in [0.1, 0.15) is 19.7 Å². The lowest BCUT2D eigenvalue weighted by Gasteiger charge is -2.02. The highest BCUT2D eigenvalue weighted by Gasteiger charge is 2.20. The van der Waals surface area contributed by atoms with Crippen molar-refractivity contribution in [3.8, 4) is 0 Å². The fraction of sp³-hybridized carbons (Fsp3) is 0.286. The van der Waals surface area contributed by atoms with E-state index >= 15 is 0 Å². The van der Waals surface area contributed by atoms with Crippen molar-refractivity contribution in [2.75, 3.05) is 5.75 Å². The monoisotopic (exact) mass is 287 g/mol. The molecule has 3 rings (SSSR count). The van der Waals surface area contributed by atoms with Crippen LogP contribution in [0.25, 0.3) is 16.4 Å². The maximum Gasteiger partial charge on any atom is 0.324 e. The Morgan fingerprint density at radius 2 is 2.10 bits per heavy atom. The molecule has 2 heterocycles. The number of benzene rings is 1. The molecule has 0 amide bonds. The molecule has 6 heteroatoms. The van der Waals surface area contributed by atoms with Crippen LogP contribution in [-0.4, -0.2) is 20.8 Å². The SMILES string of the molecule is CCSc1n[n+]2c(CC)nc3ccccc3c2c(=O)[nH]1. The van der Waals surface area contributed by atoms with Gasteiger partial charge in [0.1, 0.15) is 0 Å². The summed E-state index contributed by atoms with van der Waals surface area (Å²) in [4.78, 5) is 19.8. The van der Waals surface area contributed by atoms with Crippen molar-refractivity contribution >= 4 is 28.2 Å². The Hall–Kier alpha value is -1.95. The van der Waals surface area contributed by atoms with Gasteiger partial charge in [-0.1, -0.05) is 47.4 Å². The maximum atomic E-state index is 12.4. The number of nitrogens with one attached hydrogen (secondary N) is 1. The summed E-state index contributed by atoms with van der Waals surface area (Å²) in [7, 11) is 0. The molecule has 2 aromatic heterocycles. The van der Waals surface area contributed by atoms with Crippen LogP contribution in [0.3, 0.4) is 0 Å². The van der Waals surface area contributed by atoms with Gasteiger partial charge in [-0.25, -0.2) is 0 Å². The van der Waals surface area contributed by atoms with Gasteiger partial charge < -0.3 is 0 Å². The summed E-state index contributed by atoms with van der Waals surface area (Å²) in [6, 6.07) is 7.65. The molecule has 0 aliphatic carbocycles. The molecule has 0 aliphatic rings. The van der Waals surface area contributed by atoms with Crippen molar-refractivity contribution in [2.24, 2.45) is 0 Å². The summed E-state index contributed by atoms with van der Waals surface area (Å²) in [6.07, 6.45) is 0.721. The van der Waals surface area contributed by atoms with Crippen LogP contribution in [-0.2, 0) is 6.42 Å². The average Bonchev–Trinajstić information content (AvgIpc) is 2.46. The van der Waals surface area contributed by atoms with Crippen molar-refractivity contribution in [2.45, 2.75) is 25.4 Å². The van der Waals surface area contributed by atoms with Gasteiger partial charge in [0, 0.05) is 0 Å². The predicted octanol–water partition coefficient (Wildman–Crippen LogP) is 1.73. The lowest BCUT2D eigenvalue weighted by molar-refractivity contribution is -0.597. The molecule has 0 spiro atoms. The van der Waals surface area contributed by atoms with Crippen molar-refractivity contribution in [3.63, 3.8) is 0 Å². The van der Waals surface area contributed by atoms with E-state index in [-0.39, 0.29) is 5.56 Å². The van der Waals surface area contributed by atoms with E-state index in [9.17, 15) is 4.79 Å². The van der Waals surface area contributed by atoms with Crippen molar-refractivity contribution in [1.29, 1.82) is 0 Å². The van der Waals surface area contributed by atoms with E-state index in [1.54, 1.807) is 4.52 Å². The molecular formula is C14H15N4OS+. The first-order chi connectivity index (χ1) is 9.74. The summed E-state index contributed by atoms with van der Waals surface area (Å²) < 4.78 is 1.68. The number of H-pyrrole nitrogens is 1. The first-order valence-corrected chi connectivity index (χ1v) is 7.60. The first kappa shape index (κ1) is 13.1. The minimum Gasteiger partial charge on any atom is -0.295 e. The van der Waals surface area contributed by atoms with Crippen LogP contribution in [0.4, 0.5) is 0 Å². The van der Waals surface area contributed by atoms with Crippen molar-refractivity contribution < 1.29 is 4.52 Å². The van der Waals surface area contributed by atoms with E-state index < -0.39 is 0 Å². The van der Waals surface area contributed by atoms with Crippen LogP contribution >= 0.6 is 11.8 Å². The van der Waals surface area contributed by atoms with Gasteiger partial charge in [-0.15, -0.1) is 0 Å². The average molecular weight is 287 g/mol. The molecule has 0 fully saturated rings. The Morgan fingerprint density at radius 3 is 2.85 bits per heavy atom. The molecule has 1 aromatic carbocycles. The molecule has 0 saturated carbocycles. The fourth-order valence-electron chi connectivity index (χ4n) is 2.23. The Morgan fingerprint density at radius 1 is 1.30 bits per heavy atom. The molecule has 102 valence electrons. The summed E-state index contributed by atoms with van der Waals surface area (Å²) in [5.74, 6) is 1.65. The number of aromatic amines is 1. The number of aryl methyl sites for hydroxylation is 1. The number of thioether (sulfide) groups is 1. The summed E-state index contributed by atoms with van der Waals surface area (Å²) >= 11 is 1.51. The van der Waals surface area contributed by atoms with Crippen LogP contribution in [0.5, 0.6) is 0 Å². The number of rotatable bonds is 3. The molecule has 1 N–H and O–H groups in total. The van der Waals surface area contributed by atoms with Crippen LogP contribution in [0.15, 0.2) is 34.2 Å². The van der Waals surface area contributed by atoms with Crippen molar-refractivity contribution in [1.82, 2.24) is 15.1 Å². The fourth-order valence-corrected chi connectivity index (χ4v) is 2.81. The molecule has 5 nitrogen and oxygen atoms in total. The third-order valence-electron chi connectivity index (χ3n) is 3.09. The van der Waals surface area contributed by atoms with Gasteiger partial charge in [-0.05, 0) is 22.9 Å². The highest BCUT2D eigenvalue weighted by molar-refractivity contribution is 7.99. The van der Waals surface area contributed by atoms with Gasteiger partial charge in [-0.3, -0.25) is 9.78 Å². The largest absolute Gasteiger partial charge is 0.324 e. The lowest BCUT2D eigenvalue weighted by Crippen LogP contribution is -2.39. The molecule has 0 bridgehead atoms. The van der Waals surface area contributed by atoms with Gasteiger partial charge >= 0.3 is 11.4 Å². The van der Waals surface area contributed by atoms with E-state index in [0.29, 0.717) is 10.7 Å². The minimum absolute atomic E-state index is 0.121. The molecule has 0 saturated heterocycles. The standard InChI is InChI=1S/C14H14N4OS/c1-3-11-15-10-8-6-5-7-9(10)12-13(19)16-14(20-4-2)17-18(11)12/h5-8H,3-4H2,1-2H3/p+1. The Bertz CT molecular complexity index is 844. The molecule has 3 aromatic rings. The number of nitrogens with zero attached hydrogens (tertiary/aromatic N) is 3. The maximum absolute atomic E-state index is 12.4. The number of hydrogen-bond acceptors (Lipinski definition) is 4. The lowest BCUT2D eigenvalue weighted by atomic mass is 10.2. The second-order valence-corrected chi connectivity index (χ2v) is 5.60. The van der Waals surface area contributed by atoms with E-state index in [2.05, 4.69) is 15.1 Å². The molecule has 0 unspecified atom stereocenters. The zero-order chi connectivity index (χ0) is 14.1. The third kappa shape index (κ3) is 2.06. The van der Waals surface area contributed by atoms with Gasteiger partial charge in [-0.2, -0.15) is 0 Å². The molecule has 0 atom stereocenters. The first-order valence-electron chi connectivity index (χ1n) is 6.61. The number of aromatic nitrogens is 4.